The molecule has 1 amide bonds. The molecule has 3 aromatic rings. The van der Waals surface area contributed by atoms with Gasteiger partial charge in [0.05, 0.1) is 11.6 Å². The minimum Gasteiger partial charge on any atom is -0.439 e. The van der Waals surface area contributed by atoms with E-state index in [4.69, 9.17) is 10.00 Å². The number of hydrogen-bond acceptors (Lipinski definition) is 5. The van der Waals surface area contributed by atoms with Gasteiger partial charge in [-0.1, -0.05) is 26.8 Å². The zero-order valence-corrected chi connectivity index (χ0v) is 19.3. The second-order valence-electron chi connectivity index (χ2n) is 9.54. The minimum atomic E-state index is -0.0335. The van der Waals surface area contributed by atoms with Gasteiger partial charge in [0.2, 0.25) is 11.8 Å². The van der Waals surface area contributed by atoms with Crippen molar-refractivity contribution < 1.29 is 9.53 Å². The van der Waals surface area contributed by atoms with Gasteiger partial charge in [-0.3, -0.25) is 4.79 Å². The van der Waals surface area contributed by atoms with Gasteiger partial charge in [0.25, 0.3) is 0 Å². The van der Waals surface area contributed by atoms with E-state index in [9.17, 15) is 4.79 Å². The number of carbonyl (C=O) groups is 1. The van der Waals surface area contributed by atoms with Gasteiger partial charge < -0.3 is 15.0 Å². The van der Waals surface area contributed by atoms with E-state index >= 15 is 0 Å². The molecule has 4 rings (SSSR count). The summed E-state index contributed by atoms with van der Waals surface area (Å²) in [6, 6.07) is 19.1. The molecule has 0 spiro atoms. The summed E-state index contributed by atoms with van der Waals surface area (Å²) in [6.07, 6.45) is 3.28. The number of benzene rings is 2. The number of amides is 1. The molecule has 6 heteroatoms. The smallest absolute Gasteiger partial charge is 0.224 e. The molecular formula is C27H28N4O2. The number of carbonyl (C=O) groups excluding carboxylic acids is 1. The number of nitriles is 1. The Morgan fingerprint density at radius 3 is 2.61 bits per heavy atom. The zero-order chi connectivity index (χ0) is 23.4. The number of anilines is 2. The number of fused-ring (bicyclic) bond motifs is 1. The first-order valence-corrected chi connectivity index (χ1v) is 11.1. The van der Waals surface area contributed by atoms with Crippen LogP contribution in [0.25, 0.3) is 0 Å². The van der Waals surface area contributed by atoms with Crippen molar-refractivity contribution in [3.05, 3.63) is 77.5 Å². The Kier molecular flexibility index (Phi) is 6.32. The van der Waals surface area contributed by atoms with E-state index in [1.54, 1.807) is 24.3 Å². The molecule has 2 aromatic carbocycles. The lowest BCUT2D eigenvalue weighted by Crippen LogP contribution is -2.20. The molecule has 0 fully saturated rings. The van der Waals surface area contributed by atoms with Gasteiger partial charge in [0.15, 0.2) is 0 Å². The van der Waals surface area contributed by atoms with Gasteiger partial charge in [0, 0.05) is 43.1 Å². The second-order valence-corrected chi connectivity index (χ2v) is 9.54. The lowest BCUT2D eigenvalue weighted by Gasteiger charge is -2.20. The van der Waals surface area contributed by atoms with Crippen LogP contribution in [0.2, 0.25) is 0 Å². The molecule has 1 N–H and O–H groups in total. The highest BCUT2D eigenvalue weighted by atomic mass is 16.5. The summed E-state index contributed by atoms with van der Waals surface area (Å²) in [4.78, 5) is 19.0. The summed E-state index contributed by atoms with van der Waals surface area (Å²) in [6.45, 7) is 7.88. The summed E-state index contributed by atoms with van der Waals surface area (Å²) < 4.78 is 5.77. The summed E-state index contributed by atoms with van der Waals surface area (Å²) in [5, 5.41) is 11.9. The average Bonchev–Trinajstić information content (AvgIpc) is 3.16. The van der Waals surface area contributed by atoms with Crippen molar-refractivity contribution in [3.63, 3.8) is 0 Å². The maximum absolute atomic E-state index is 12.3. The molecule has 2 heterocycles. The third kappa shape index (κ3) is 5.89. The van der Waals surface area contributed by atoms with Crippen LogP contribution in [0.1, 0.15) is 43.9 Å². The highest BCUT2D eigenvalue weighted by molar-refractivity contribution is 5.91. The van der Waals surface area contributed by atoms with Crippen LogP contribution >= 0.6 is 0 Å². The van der Waals surface area contributed by atoms with Gasteiger partial charge in [-0.25, -0.2) is 4.98 Å². The Balaban J connectivity index is 1.37. The standard InChI is InChI=1S/C27H28N4O2/c1-27(2,3)15-25(32)30-22-7-10-24-21(14-22)12-13-31(24)18-20-6-11-26(29-17-20)33-23-8-4-19(16-28)5-9-23/h4-11,14,17H,12-13,15,18H2,1-3H3,(H,30,32). The molecule has 1 aliphatic heterocycles. The Morgan fingerprint density at radius 2 is 1.94 bits per heavy atom. The molecule has 33 heavy (non-hydrogen) atoms. The van der Waals surface area contributed by atoms with Crippen molar-refractivity contribution >= 4 is 17.3 Å². The molecule has 0 bridgehead atoms. The molecule has 0 unspecified atom stereocenters. The van der Waals surface area contributed by atoms with Gasteiger partial charge in [-0.05, 0) is 65.4 Å². The van der Waals surface area contributed by atoms with Gasteiger partial charge in [0.1, 0.15) is 5.75 Å². The maximum atomic E-state index is 12.3. The average molecular weight is 441 g/mol. The van der Waals surface area contributed by atoms with Crippen molar-refractivity contribution in [1.29, 1.82) is 5.26 Å². The number of aromatic nitrogens is 1. The van der Waals surface area contributed by atoms with E-state index in [1.165, 1.54) is 11.3 Å². The van der Waals surface area contributed by atoms with E-state index in [0.717, 1.165) is 30.8 Å². The highest BCUT2D eigenvalue weighted by Gasteiger charge is 2.21. The van der Waals surface area contributed by atoms with Crippen LogP contribution in [0.5, 0.6) is 11.6 Å². The summed E-state index contributed by atoms with van der Waals surface area (Å²) in [5.74, 6) is 1.21. The van der Waals surface area contributed by atoms with Gasteiger partial charge in [-0.2, -0.15) is 5.26 Å². The first-order valence-electron chi connectivity index (χ1n) is 11.1. The number of nitrogens with one attached hydrogen (secondary N) is 1. The first kappa shape index (κ1) is 22.3. The van der Waals surface area contributed by atoms with Crippen LogP contribution in [0.15, 0.2) is 60.8 Å². The zero-order valence-electron chi connectivity index (χ0n) is 19.3. The van der Waals surface area contributed by atoms with Crippen LogP contribution in [0.3, 0.4) is 0 Å². The number of hydrogen-bond donors (Lipinski definition) is 1. The van der Waals surface area contributed by atoms with Gasteiger partial charge >= 0.3 is 0 Å². The molecular weight excluding hydrogens is 412 g/mol. The second kappa shape index (κ2) is 9.33. The van der Waals surface area contributed by atoms with Crippen molar-refractivity contribution in [2.24, 2.45) is 5.41 Å². The van der Waals surface area contributed by atoms with Crippen LogP contribution in [0.4, 0.5) is 11.4 Å². The molecule has 0 saturated heterocycles. The number of nitrogens with zero attached hydrogens (tertiary/aromatic N) is 3. The van der Waals surface area contributed by atoms with Crippen LogP contribution in [-0.4, -0.2) is 17.4 Å². The third-order valence-electron chi connectivity index (χ3n) is 5.42. The van der Waals surface area contributed by atoms with Crippen LogP contribution in [-0.2, 0) is 17.8 Å². The van der Waals surface area contributed by atoms with Crippen molar-refractivity contribution in [3.8, 4) is 17.7 Å². The largest absolute Gasteiger partial charge is 0.439 e. The Morgan fingerprint density at radius 1 is 1.15 bits per heavy atom. The SMILES string of the molecule is CC(C)(C)CC(=O)Nc1ccc2c(c1)CCN2Cc1ccc(Oc2ccc(C#N)cc2)nc1. The molecule has 1 aliphatic rings. The summed E-state index contributed by atoms with van der Waals surface area (Å²) >= 11 is 0. The predicted molar refractivity (Wildman–Crippen MR) is 129 cm³/mol. The fourth-order valence-electron chi connectivity index (χ4n) is 3.90. The molecule has 0 radical (unpaired) electrons. The lowest BCUT2D eigenvalue weighted by atomic mass is 9.92. The summed E-state index contributed by atoms with van der Waals surface area (Å²) in [7, 11) is 0. The molecule has 0 saturated carbocycles. The Bertz CT molecular complexity index is 1170. The molecule has 0 atom stereocenters. The molecule has 168 valence electrons. The third-order valence-corrected chi connectivity index (χ3v) is 5.42. The molecule has 6 nitrogen and oxygen atoms in total. The van der Waals surface area contributed by atoms with Crippen molar-refractivity contribution in [2.45, 2.75) is 40.2 Å². The minimum absolute atomic E-state index is 0.0335. The quantitative estimate of drug-likeness (QED) is 0.533. The van der Waals surface area contributed by atoms with E-state index < -0.39 is 0 Å². The van der Waals surface area contributed by atoms with Crippen molar-refractivity contribution in [1.82, 2.24) is 4.98 Å². The number of pyridine rings is 1. The van der Waals surface area contributed by atoms with Gasteiger partial charge in [-0.15, -0.1) is 0 Å². The summed E-state index contributed by atoms with van der Waals surface area (Å²) in [5.41, 5.74) is 4.96. The van der Waals surface area contributed by atoms with Crippen LogP contribution in [0, 0.1) is 16.7 Å². The molecule has 0 aliphatic carbocycles. The molecule has 1 aromatic heterocycles. The van der Waals surface area contributed by atoms with Crippen LogP contribution < -0.4 is 15.0 Å². The highest BCUT2D eigenvalue weighted by Crippen LogP contribution is 2.32. The fourth-order valence-corrected chi connectivity index (χ4v) is 3.90. The number of ether oxygens (including phenoxy) is 1. The van der Waals surface area contributed by atoms with E-state index in [1.807, 2.05) is 24.4 Å². The first-order chi connectivity index (χ1) is 15.8. The Hall–Kier alpha value is -3.85. The number of rotatable bonds is 6. The topological polar surface area (TPSA) is 78.3 Å². The lowest BCUT2D eigenvalue weighted by molar-refractivity contribution is -0.117. The predicted octanol–water partition coefficient (Wildman–Crippen LogP) is 5.68. The van der Waals surface area contributed by atoms with E-state index in [-0.39, 0.29) is 11.3 Å². The maximum Gasteiger partial charge on any atom is 0.224 e. The monoisotopic (exact) mass is 440 g/mol. The Labute approximate surface area is 194 Å². The normalized spacial score (nSPS) is 12.7. The van der Waals surface area contributed by atoms with E-state index in [2.05, 4.69) is 54.2 Å². The van der Waals surface area contributed by atoms with E-state index in [0.29, 0.717) is 23.6 Å². The van der Waals surface area contributed by atoms with Crippen molar-refractivity contribution in [2.75, 3.05) is 16.8 Å². The fraction of sp³-hybridized carbons (Fsp3) is 0.296.